The van der Waals surface area contributed by atoms with Gasteiger partial charge in [-0.25, -0.2) is 9.78 Å². The van der Waals surface area contributed by atoms with Crippen LogP contribution in [0.3, 0.4) is 0 Å². The van der Waals surface area contributed by atoms with Gasteiger partial charge in [-0.15, -0.1) is 0 Å². The average molecular weight is 314 g/mol. The van der Waals surface area contributed by atoms with Crippen molar-refractivity contribution in [1.82, 2.24) is 4.98 Å². The van der Waals surface area contributed by atoms with Crippen molar-refractivity contribution in [3.8, 4) is 17.0 Å². The molecule has 0 spiro atoms. The highest BCUT2D eigenvalue weighted by Crippen LogP contribution is 2.28. The van der Waals surface area contributed by atoms with Crippen LogP contribution >= 0.6 is 11.6 Å². The number of hydrogen-bond acceptors (Lipinski definition) is 3. The van der Waals surface area contributed by atoms with E-state index in [0.717, 1.165) is 5.56 Å². The fourth-order valence-corrected chi connectivity index (χ4v) is 2.48. The number of rotatable bonds is 3. The lowest BCUT2D eigenvalue weighted by Crippen LogP contribution is -2.00. The van der Waals surface area contributed by atoms with Crippen LogP contribution in [0.15, 0.2) is 48.5 Å². The number of aromatic nitrogens is 1. The van der Waals surface area contributed by atoms with Gasteiger partial charge in [-0.1, -0.05) is 23.7 Å². The summed E-state index contributed by atoms with van der Waals surface area (Å²) in [7, 11) is 1.58. The molecule has 0 aliphatic carbocycles. The van der Waals surface area contributed by atoms with Gasteiger partial charge in [0, 0.05) is 16.0 Å². The third-order valence-electron chi connectivity index (χ3n) is 3.37. The van der Waals surface area contributed by atoms with Crippen molar-refractivity contribution in [2.75, 3.05) is 7.11 Å². The van der Waals surface area contributed by atoms with E-state index < -0.39 is 5.97 Å². The van der Waals surface area contributed by atoms with E-state index in [0.29, 0.717) is 27.4 Å². The van der Waals surface area contributed by atoms with Crippen LogP contribution in [0.4, 0.5) is 0 Å². The number of carbonyl (C=O) groups is 1. The van der Waals surface area contributed by atoms with E-state index in [1.807, 2.05) is 24.3 Å². The topological polar surface area (TPSA) is 59.4 Å². The maximum atomic E-state index is 11.5. The first-order chi connectivity index (χ1) is 10.6. The molecule has 0 saturated carbocycles. The molecule has 0 fully saturated rings. The summed E-state index contributed by atoms with van der Waals surface area (Å²) in [5, 5.41) is 10.4. The van der Waals surface area contributed by atoms with Gasteiger partial charge in [0.2, 0.25) is 0 Å². The van der Waals surface area contributed by atoms with Crippen LogP contribution < -0.4 is 4.74 Å². The Morgan fingerprint density at radius 3 is 2.73 bits per heavy atom. The Morgan fingerprint density at radius 1 is 1.18 bits per heavy atom. The standard InChI is InChI=1S/C17H12ClNO3/c1-22-12-4-2-3-10(7-12)16-9-14(17(20)21)13-8-11(18)5-6-15(13)19-16/h2-9H,1H3,(H,20,21). The summed E-state index contributed by atoms with van der Waals surface area (Å²) in [4.78, 5) is 16.1. The van der Waals surface area contributed by atoms with E-state index in [9.17, 15) is 9.90 Å². The molecule has 0 unspecified atom stereocenters. The number of carboxylic acid groups (broad SMARTS) is 1. The Hall–Kier alpha value is -2.59. The zero-order valence-corrected chi connectivity index (χ0v) is 12.5. The summed E-state index contributed by atoms with van der Waals surface area (Å²) in [5.74, 6) is -0.328. The minimum atomic E-state index is -1.01. The van der Waals surface area contributed by atoms with Crippen LogP contribution in [-0.2, 0) is 0 Å². The van der Waals surface area contributed by atoms with Crippen LogP contribution in [0, 0.1) is 0 Å². The Bertz CT molecular complexity index is 877. The molecule has 0 aliphatic heterocycles. The summed E-state index contributed by atoms with van der Waals surface area (Å²) in [6.07, 6.45) is 0. The van der Waals surface area contributed by atoms with Gasteiger partial charge in [0.1, 0.15) is 5.75 Å². The van der Waals surface area contributed by atoms with E-state index in [2.05, 4.69) is 4.98 Å². The van der Waals surface area contributed by atoms with Crippen LogP contribution in [0.5, 0.6) is 5.75 Å². The van der Waals surface area contributed by atoms with Gasteiger partial charge in [0.25, 0.3) is 0 Å². The first-order valence-corrected chi connectivity index (χ1v) is 6.94. The third-order valence-corrected chi connectivity index (χ3v) is 3.60. The van der Waals surface area contributed by atoms with Gasteiger partial charge in [0.05, 0.1) is 23.9 Å². The number of fused-ring (bicyclic) bond motifs is 1. The van der Waals surface area contributed by atoms with Crippen molar-refractivity contribution >= 4 is 28.5 Å². The molecular formula is C17H12ClNO3. The minimum absolute atomic E-state index is 0.172. The Balaban J connectivity index is 2.26. The van der Waals surface area contributed by atoms with Crippen LogP contribution in [0.25, 0.3) is 22.2 Å². The molecule has 0 amide bonds. The maximum absolute atomic E-state index is 11.5. The molecule has 0 atom stereocenters. The zero-order chi connectivity index (χ0) is 15.7. The molecule has 22 heavy (non-hydrogen) atoms. The molecule has 3 rings (SSSR count). The molecule has 1 heterocycles. The van der Waals surface area contributed by atoms with E-state index in [-0.39, 0.29) is 5.56 Å². The van der Waals surface area contributed by atoms with Gasteiger partial charge in [0.15, 0.2) is 0 Å². The van der Waals surface area contributed by atoms with E-state index in [4.69, 9.17) is 16.3 Å². The SMILES string of the molecule is COc1cccc(-c2cc(C(=O)O)c3cc(Cl)ccc3n2)c1. The number of methoxy groups -OCH3 is 1. The highest BCUT2D eigenvalue weighted by molar-refractivity contribution is 6.31. The Morgan fingerprint density at radius 2 is 2.00 bits per heavy atom. The molecule has 0 bridgehead atoms. The van der Waals surface area contributed by atoms with Gasteiger partial charge in [-0.2, -0.15) is 0 Å². The summed E-state index contributed by atoms with van der Waals surface area (Å²) in [5.41, 5.74) is 2.12. The predicted octanol–water partition coefficient (Wildman–Crippen LogP) is 4.26. The predicted molar refractivity (Wildman–Crippen MR) is 85.7 cm³/mol. The molecule has 1 aromatic heterocycles. The molecule has 0 radical (unpaired) electrons. The Labute approximate surface area is 131 Å². The van der Waals surface area contributed by atoms with Crippen molar-refractivity contribution in [2.24, 2.45) is 0 Å². The number of hydrogen-bond donors (Lipinski definition) is 1. The summed E-state index contributed by atoms with van der Waals surface area (Å²) >= 11 is 5.95. The van der Waals surface area contributed by atoms with E-state index >= 15 is 0 Å². The quantitative estimate of drug-likeness (QED) is 0.784. The maximum Gasteiger partial charge on any atom is 0.336 e. The van der Waals surface area contributed by atoms with Crippen LogP contribution in [0.1, 0.15) is 10.4 Å². The highest BCUT2D eigenvalue weighted by Gasteiger charge is 2.13. The van der Waals surface area contributed by atoms with Crippen LogP contribution in [0.2, 0.25) is 5.02 Å². The summed E-state index contributed by atoms with van der Waals surface area (Å²) in [6.45, 7) is 0. The molecule has 3 aromatic rings. The molecule has 110 valence electrons. The molecule has 1 N–H and O–H groups in total. The number of benzene rings is 2. The van der Waals surface area contributed by atoms with Gasteiger partial charge in [-0.3, -0.25) is 0 Å². The highest BCUT2D eigenvalue weighted by atomic mass is 35.5. The van der Waals surface area contributed by atoms with Crippen molar-refractivity contribution in [2.45, 2.75) is 0 Å². The lowest BCUT2D eigenvalue weighted by molar-refractivity contribution is 0.0699. The van der Waals surface area contributed by atoms with Gasteiger partial charge < -0.3 is 9.84 Å². The third kappa shape index (κ3) is 2.61. The van der Waals surface area contributed by atoms with Crippen molar-refractivity contribution < 1.29 is 14.6 Å². The lowest BCUT2D eigenvalue weighted by Gasteiger charge is -2.08. The van der Waals surface area contributed by atoms with Crippen LogP contribution in [-0.4, -0.2) is 23.2 Å². The first-order valence-electron chi connectivity index (χ1n) is 6.56. The zero-order valence-electron chi connectivity index (χ0n) is 11.7. The van der Waals surface area contributed by atoms with Crippen molar-refractivity contribution in [3.05, 3.63) is 59.1 Å². The first kappa shape index (κ1) is 14.4. The summed E-state index contributed by atoms with van der Waals surface area (Å²) in [6, 6.07) is 13.9. The van der Waals surface area contributed by atoms with Gasteiger partial charge in [-0.05, 0) is 36.4 Å². The normalized spacial score (nSPS) is 10.6. The number of aromatic carboxylic acids is 1. The number of halogens is 1. The van der Waals surface area contributed by atoms with Gasteiger partial charge >= 0.3 is 5.97 Å². The molecular weight excluding hydrogens is 302 g/mol. The number of pyridine rings is 1. The monoisotopic (exact) mass is 313 g/mol. The largest absolute Gasteiger partial charge is 0.497 e. The second-order valence-corrected chi connectivity index (χ2v) is 5.19. The van der Waals surface area contributed by atoms with Crippen molar-refractivity contribution in [3.63, 3.8) is 0 Å². The molecule has 5 heteroatoms. The molecule has 4 nitrogen and oxygen atoms in total. The summed E-state index contributed by atoms with van der Waals surface area (Å²) < 4.78 is 5.20. The molecule has 2 aromatic carbocycles. The van der Waals surface area contributed by atoms with E-state index in [1.165, 1.54) is 0 Å². The average Bonchev–Trinajstić information content (AvgIpc) is 2.53. The number of carboxylic acids is 1. The molecule has 0 aliphatic rings. The Kier molecular flexibility index (Phi) is 3.69. The fraction of sp³-hybridized carbons (Fsp3) is 0.0588. The minimum Gasteiger partial charge on any atom is -0.497 e. The number of nitrogens with zero attached hydrogens (tertiary/aromatic N) is 1. The second-order valence-electron chi connectivity index (χ2n) is 4.75. The second kappa shape index (κ2) is 5.66. The smallest absolute Gasteiger partial charge is 0.336 e. The van der Waals surface area contributed by atoms with E-state index in [1.54, 1.807) is 31.4 Å². The van der Waals surface area contributed by atoms with Crippen molar-refractivity contribution in [1.29, 1.82) is 0 Å². The number of ether oxygens (including phenoxy) is 1. The lowest BCUT2D eigenvalue weighted by atomic mass is 10.0. The fourth-order valence-electron chi connectivity index (χ4n) is 2.31. The molecule has 0 saturated heterocycles.